The molecule has 2 unspecified atom stereocenters. The lowest BCUT2D eigenvalue weighted by atomic mass is 10.1. The number of halogens is 44. The van der Waals surface area contributed by atoms with Gasteiger partial charge in [0.2, 0.25) is 0 Å². The van der Waals surface area contributed by atoms with Crippen LogP contribution in [0.4, 0.5) is 193 Å². The SMILES string of the molecule is CC(F)(F)C(F)(F)OC(F)(F)C(F)(F)C(F)(F)C(F)(F)OC(F)(F)CF.CC(F)(F)C(F)(F)OC(F)(F)C(F)(OC(F)(F)C(F)(F)C(F)(F)C(F)(F)OC(F)(C(F)(F)F)C(F)(F)OC(F)(F)CF)C(F)(F)F.CF.CF. The zero-order chi connectivity index (χ0) is 63.7. The highest BCUT2D eigenvalue weighted by Crippen LogP contribution is 2.62. The summed E-state index contributed by atoms with van der Waals surface area (Å²) in [5.74, 6) is -62.8. The molecule has 0 amide bonds. The van der Waals surface area contributed by atoms with E-state index in [9.17, 15) is 193 Å². The van der Waals surface area contributed by atoms with Gasteiger partial charge in [0.05, 0.1) is 14.4 Å². The first-order valence-electron chi connectivity index (χ1n) is 16.0. The summed E-state index contributed by atoms with van der Waals surface area (Å²) < 4.78 is 572. The van der Waals surface area contributed by atoms with Gasteiger partial charge in [0.15, 0.2) is 13.3 Å². The zero-order valence-corrected chi connectivity index (χ0v) is 34.5. The second-order valence-corrected chi connectivity index (χ2v) is 12.5. The Bertz CT molecular complexity index is 1790. The summed E-state index contributed by atoms with van der Waals surface area (Å²) in [6, 6.07) is 0. The van der Waals surface area contributed by atoms with Gasteiger partial charge in [0.25, 0.3) is 0 Å². The molecule has 0 aromatic heterocycles. The molecule has 0 aliphatic heterocycles. The number of hydrogen-bond acceptors (Lipinski definition) is 6. The Hall–Kier alpha value is -3.32. The molecule has 0 aliphatic carbocycles. The van der Waals surface area contributed by atoms with Crippen LogP contribution in [0.1, 0.15) is 13.8 Å². The van der Waals surface area contributed by atoms with E-state index in [2.05, 4.69) is 0 Å². The third kappa shape index (κ3) is 16.0. The summed E-state index contributed by atoms with van der Waals surface area (Å²) in [5, 5.41) is 0. The van der Waals surface area contributed by atoms with Crippen LogP contribution in [-0.2, 0) is 28.4 Å². The van der Waals surface area contributed by atoms with Crippen molar-refractivity contribution >= 4 is 0 Å². The fraction of sp³-hybridized carbons (Fsp3) is 1.00. The maximum absolute atomic E-state index is 14.0. The zero-order valence-electron chi connectivity index (χ0n) is 34.5. The average Bonchev–Trinajstić information content (AvgIpc) is 3.15. The van der Waals surface area contributed by atoms with Crippen LogP contribution in [-0.4, -0.2) is 148 Å². The Morgan fingerprint density at radius 2 is 0.382 bits per heavy atom. The highest BCUT2D eigenvalue weighted by molar-refractivity contribution is 5.02. The van der Waals surface area contributed by atoms with Crippen molar-refractivity contribution in [3.05, 3.63) is 0 Å². The van der Waals surface area contributed by atoms with Crippen molar-refractivity contribution < 1.29 is 222 Å². The van der Waals surface area contributed by atoms with Gasteiger partial charge >= 0.3 is 121 Å². The summed E-state index contributed by atoms with van der Waals surface area (Å²) in [4.78, 5) is 0. The van der Waals surface area contributed by atoms with Gasteiger partial charge in [-0.2, -0.15) is 176 Å². The second-order valence-electron chi connectivity index (χ2n) is 12.5. The molecule has 0 saturated heterocycles. The van der Waals surface area contributed by atoms with Crippen LogP contribution in [0.25, 0.3) is 0 Å². The molecule has 2 atom stereocenters. The van der Waals surface area contributed by atoms with Gasteiger partial charge in [0, 0.05) is 13.8 Å². The predicted octanol–water partition coefficient (Wildman–Crippen LogP) is 15.4. The van der Waals surface area contributed by atoms with E-state index < -0.39 is 148 Å². The molecule has 0 heterocycles. The second kappa shape index (κ2) is 23.0. The maximum atomic E-state index is 14.0. The quantitative estimate of drug-likeness (QED) is 0.0898. The average molecular weight is 1260 g/mol. The van der Waals surface area contributed by atoms with Crippen molar-refractivity contribution in [2.75, 3.05) is 27.7 Å². The lowest BCUT2D eigenvalue weighted by Crippen LogP contribution is -2.71. The molecule has 0 saturated carbocycles. The van der Waals surface area contributed by atoms with E-state index in [1.165, 1.54) is 9.47 Å². The molecule has 0 aromatic rings. The van der Waals surface area contributed by atoms with E-state index in [0.29, 0.717) is 14.4 Å². The number of alkyl halides is 44. The Balaban J connectivity index is -0.000000730. The molecule has 50 heteroatoms. The van der Waals surface area contributed by atoms with Crippen LogP contribution < -0.4 is 0 Å². The Labute approximate surface area is 385 Å². The molecule has 0 aromatic carbocycles. The Morgan fingerprint density at radius 1 is 0.224 bits per heavy atom. The minimum Gasteiger partial charge on any atom is -0.262 e. The number of rotatable bonds is 24. The normalized spacial score (nSPS) is 17.1. The molecule has 0 rings (SSSR count). The van der Waals surface area contributed by atoms with Gasteiger partial charge in [0.1, 0.15) is 0 Å². The van der Waals surface area contributed by atoms with Gasteiger partial charge in [-0.3, -0.25) is 18.3 Å². The van der Waals surface area contributed by atoms with Crippen LogP contribution in [0.3, 0.4) is 0 Å². The summed E-state index contributed by atoms with van der Waals surface area (Å²) in [6.45, 7) is -9.21. The van der Waals surface area contributed by atoms with E-state index in [1.54, 1.807) is 9.47 Å². The lowest BCUT2D eigenvalue weighted by molar-refractivity contribution is -0.573. The van der Waals surface area contributed by atoms with E-state index in [-0.39, 0.29) is 0 Å². The first-order chi connectivity index (χ1) is 32.4. The molecule has 0 aliphatic rings. The lowest BCUT2D eigenvalue weighted by Gasteiger charge is -2.42. The van der Waals surface area contributed by atoms with Crippen molar-refractivity contribution in [3.8, 4) is 0 Å². The molecule has 6 nitrogen and oxygen atoms in total. The highest BCUT2D eigenvalue weighted by atomic mass is 19.4. The van der Waals surface area contributed by atoms with Crippen molar-refractivity contribution in [1.82, 2.24) is 0 Å². The molecule has 0 bridgehead atoms. The Morgan fingerprint density at radius 3 is 0.566 bits per heavy atom. The summed E-state index contributed by atoms with van der Waals surface area (Å²) in [5.41, 5.74) is 0. The monoisotopic (exact) mass is 1260 g/mol. The summed E-state index contributed by atoms with van der Waals surface area (Å²) in [6.07, 6.45) is -91.6. The Kier molecular flexibility index (Phi) is 24.0. The van der Waals surface area contributed by atoms with Gasteiger partial charge in [-0.25, -0.2) is 27.7 Å². The van der Waals surface area contributed by atoms with Gasteiger partial charge in [-0.15, -0.1) is 0 Å². The molecular weight excluding hydrogens is 1240 g/mol. The third-order valence-electron chi connectivity index (χ3n) is 6.67. The number of ether oxygens (including phenoxy) is 6. The van der Waals surface area contributed by atoms with Crippen LogP contribution in [0.15, 0.2) is 0 Å². The van der Waals surface area contributed by atoms with Gasteiger partial charge < -0.3 is 0 Å². The molecule has 464 valence electrons. The van der Waals surface area contributed by atoms with Crippen LogP contribution in [0, 0.1) is 0 Å². The van der Waals surface area contributed by atoms with Crippen molar-refractivity contribution in [2.45, 2.75) is 135 Å². The number of hydrogen-bond donors (Lipinski definition) is 0. The largest absolute Gasteiger partial charge is 0.458 e. The van der Waals surface area contributed by atoms with Crippen LogP contribution >= 0.6 is 0 Å². The molecular formula is C26H16F44O6. The predicted molar refractivity (Wildman–Crippen MR) is 143 cm³/mol. The molecule has 0 N–H and O–H groups in total. The highest BCUT2D eigenvalue weighted by Gasteiger charge is 2.91. The smallest absolute Gasteiger partial charge is 0.262 e. The van der Waals surface area contributed by atoms with Crippen molar-refractivity contribution in [1.29, 1.82) is 0 Å². The first kappa shape index (κ1) is 79.2. The van der Waals surface area contributed by atoms with E-state index in [0.717, 1.165) is 9.47 Å². The van der Waals surface area contributed by atoms with Crippen LogP contribution in [0.5, 0.6) is 0 Å². The maximum Gasteiger partial charge on any atom is 0.458 e. The topological polar surface area (TPSA) is 55.4 Å². The van der Waals surface area contributed by atoms with Gasteiger partial charge in [-0.05, 0) is 0 Å². The van der Waals surface area contributed by atoms with E-state index in [1.807, 2.05) is 0 Å². The third-order valence-corrected chi connectivity index (χ3v) is 6.67. The summed E-state index contributed by atoms with van der Waals surface area (Å²) >= 11 is 0. The summed E-state index contributed by atoms with van der Waals surface area (Å²) in [7, 11) is 1.00. The van der Waals surface area contributed by atoms with E-state index >= 15 is 0 Å². The van der Waals surface area contributed by atoms with Crippen molar-refractivity contribution in [2.24, 2.45) is 0 Å². The molecule has 76 heavy (non-hydrogen) atoms. The minimum absolute atomic E-state index is 0.500. The fourth-order valence-electron chi connectivity index (χ4n) is 2.97. The van der Waals surface area contributed by atoms with Crippen molar-refractivity contribution in [3.63, 3.8) is 0 Å². The molecule has 0 fully saturated rings. The molecule has 0 radical (unpaired) electrons. The van der Waals surface area contributed by atoms with Crippen LogP contribution in [0.2, 0.25) is 0 Å². The van der Waals surface area contributed by atoms with Gasteiger partial charge in [-0.1, -0.05) is 0 Å². The fourth-order valence-corrected chi connectivity index (χ4v) is 2.97. The minimum atomic E-state index is -9.18. The first-order valence-corrected chi connectivity index (χ1v) is 16.0. The standard InChI is InChI=1S/C15H5F27O4.C9H5F15O2.2CH3F/c1-3(17,18)11(33,34)46-15(41,42)8(26,10(30,31)32)45-13(37,38)6(23,24)5(21,22)12(35,36)44-7(25,9(27,28)29)14(39,40)43-4(19,20)2-16;1-3(11,12)7(19,20)26-9(23,24)6(17,18)5(15,16)8(21,22)25-4(13,14)2-10;2*1-2/h2H2,1H3;2H2,1H3;2*1H3. The molecule has 0 spiro atoms. The van der Waals surface area contributed by atoms with E-state index in [4.69, 9.17) is 0 Å².